The van der Waals surface area contributed by atoms with Gasteiger partial charge in [0.25, 0.3) is 5.91 Å². The minimum atomic E-state index is -0.728. The zero-order valence-electron chi connectivity index (χ0n) is 10.6. The molecule has 5 nitrogen and oxygen atoms in total. The first-order valence-electron chi connectivity index (χ1n) is 5.82. The Morgan fingerprint density at radius 1 is 1.42 bits per heavy atom. The summed E-state index contributed by atoms with van der Waals surface area (Å²) in [5.74, 6) is -1.04. The number of carbonyl (C=O) groups is 2. The summed E-state index contributed by atoms with van der Waals surface area (Å²) >= 11 is 0. The molecule has 1 aliphatic rings. The number of benzene rings is 1. The average molecular weight is 256 g/mol. The summed E-state index contributed by atoms with van der Waals surface area (Å²) in [6.07, 6.45) is 0. The van der Waals surface area contributed by atoms with Crippen molar-refractivity contribution >= 4 is 17.6 Å². The van der Waals surface area contributed by atoms with Crippen molar-refractivity contribution in [3.63, 3.8) is 0 Å². The molecule has 1 amide bonds. The highest BCUT2D eigenvalue weighted by Crippen LogP contribution is 2.28. The lowest BCUT2D eigenvalue weighted by Crippen LogP contribution is -2.17. The first kappa shape index (κ1) is 12.8. The van der Waals surface area contributed by atoms with Gasteiger partial charge in [-0.25, -0.2) is 4.79 Å². The fourth-order valence-electron chi connectivity index (χ4n) is 1.92. The summed E-state index contributed by atoms with van der Waals surface area (Å²) in [5.41, 5.74) is 2.00. The van der Waals surface area contributed by atoms with E-state index in [1.54, 1.807) is 25.1 Å². The molecule has 19 heavy (non-hydrogen) atoms. The molecule has 5 heteroatoms. The van der Waals surface area contributed by atoms with Gasteiger partial charge in [0.2, 0.25) is 0 Å². The predicted molar refractivity (Wildman–Crippen MR) is 67.8 cm³/mol. The van der Waals surface area contributed by atoms with Crippen LogP contribution in [0.4, 0.5) is 0 Å². The van der Waals surface area contributed by atoms with Crippen molar-refractivity contribution in [3.05, 3.63) is 40.5 Å². The molecule has 0 spiro atoms. The zero-order valence-corrected chi connectivity index (χ0v) is 10.6. The number of fused-ring (bicyclic) bond motifs is 1. The average Bonchev–Trinajstić information content (AvgIpc) is 2.68. The van der Waals surface area contributed by atoms with Crippen LogP contribution < -0.4 is 5.32 Å². The van der Waals surface area contributed by atoms with E-state index in [1.807, 2.05) is 13.0 Å². The number of hydrogen-bond donors (Lipinski definition) is 1. The standard InChI is InChI=1S/C14H12N2O3/c1-3-19-14(18)11(7-15)12-9-5-4-8(2)6-10(9)13(17)16-12/h4-6H,3H2,1-2H3,(H,16,17)/b12-11-. The maximum atomic E-state index is 11.8. The number of esters is 1. The van der Waals surface area contributed by atoms with Crippen molar-refractivity contribution in [3.8, 4) is 6.07 Å². The molecule has 0 atom stereocenters. The molecule has 0 aliphatic carbocycles. The van der Waals surface area contributed by atoms with Gasteiger partial charge in [-0.2, -0.15) is 5.26 Å². The summed E-state index contributed by atoms with van der Waals surface area (Å²) < 4.78 is 4.81. The Balaban J connectivity index is 2.58. The van der Waals surface area contributed by atoms with E-state index in [4.69, 9.17) is 10.00 Å². The molecule has 0 radical (unpaired) electrons. The number of ether oxygens (including phenoxy) is 1. The summed E-state index contributed by atoms with van der Waals surface area (Å²) in [5, 5.41) is 11.6. The Labute approximate surface area is 110 Å². The Hall–Kier alpha value is -2.61. The number of nitriles is 1. The molecule has 0 bridgehead atoms. The highest BCUT2D eigenvalue weighted by Gasteiger charge is 2.29. The van der Waals surface area contributed by atoms with Gasteiger partial charge in [-0.1, -0.05) is 17.7 Å². The highest BCUT2D eigenvalue weighted by molar-refractivity contribution is 6.14. The van der Waals surface area contributed by atoms with Crippen molar-refractivity contribution in [2.24, 2.45) is 0 Å². The molecule has 0 saturated heterocycles. The molecular formula is C14H12N2O3. The molecule has 1 aliphatic heterocycles. The first-order chi connectivity index (χ1) is 9.08. The minimum absolute atomic E-state index is 0.173. The topological polar surface area (TPSA) is 79.2 Å². The maximum Gasteiger partial charge on any atom is 0.351 e. The smallest absolute Gasteiger partial charge is 0.351 e. The molecule has 1 N–H and O–H groups in total. The molecule has 1 heterocycles. The molecule has 1 aromatic carbocycles. The lowest BCUT2D eigenvalue weighted by atomic mass is 10.0. The Morgan fingerprint density at radius 3 is 2.79 bits per heavy atom. The Morgan fingerprint density at radius 2 is 2.16 bits per heavy atom. The van der Waals surface area contributed by atoms with Gasteiger partial charge in [-0.3, -0.25) is 4.79 Å². The zero-order chi connectivity index (χ0) is 14.0. The Kier molecular flexibility index (Phi) is 3.34. The van der Waals surface area contributed by atoms with Crippen LogP contribution in [0.2, 0.25) is 0 Å². The van der Waals surface area contributed by atoms with Crippen LogP contribution in [0.1, 0.15) is 28.4 Å². The molecule has 96 valence electrons. The van der Waals surface area contributed by atoms with Crippen molar-refractivity contribution < 1.29 is 14.3 Å². The van der Waals surface area contributed by atoms with Crippen LogP contribution >= 0.6 is 0 Å². The van der Waals surface area contributed by atoms with Gasteiger partial charge < -0.3 is 10.1 Å². The molecule has 2 rings (SSSR count). The third-order valence-corrected chi connectivity index (χ3v) is 2.77. The van der Waals surface area contributed by atoms with E-state index in [1.165, 1.54) is 0 Å². The van der Waals surface area contributed by atoms with Gasteiger partial charge in [0.05, 0.1) is 12.3 Å². The van der Waals surface area contributed by atoms with E-state index >= 15 is 0 Å². The second kappa shape index (κ2) is 4.94. The van der Waals surface area contributed by atoms with Crippen molar-refractivity contribution in [2.75, 3.05) is 6.61 Å². The summed E-state index contributed by atoms with van der Waals surface area (Å²) in [4.78, 5) is 23.5. The van der Waals surface area contributed by atoms with Gasteiger partial charge in [0.15, 0.2) is 5.57 Å². The molecule has 1 aromatic rings. The summed E-state index contributed by atoms with van der Waals surface area (Å²) in [6, 6.07) is 7.05. The van der Waals surface area contributed by atoms with Gasteiger partial charge in [0.1, 0.15) is 6.07 Å². The maximum absolute atomic E-state index is 11.8. The minimum Gasteiger partial charge on any atom is -0.462 e. The van der Waals surface area contributed by atoms with Crippen LogP contribution in [-0.4, -0.2) is 18.5 Å². The molecule has 0 fully saturated rings. The number of hydrogen-bond acceptors (Lipinski definition) is 4. The van der Waals surface area contributed by atoms with Crippen LogP contribution in [-0.2, 0) is 9.53 Å². The SMILES string of the molecule is CCOC(=O)/C(C#N)=C1\NC(=O)c2cc(C)ccc21. The van der Waals surface area contributed by atoms with Gasteiger partial charge >= 0.3 is 5.97 Å². The van der Waals surface area contributed by atoms with Crippen LogP contribution in [0.25, 0.3) is 5.70 Å². The van der Waals surface area contributed by atoms with E-state index in [-0.39, 0.29) is 23.8 Å². The van der Waals surface area contributed by atoms with Crippen LogP contribution in [0.3, 0.4) is 0 Å². The van der Waals surface area contributed by atoms with E-state index in [0.29, 0.717) is 11.1 Å². The molecule has 0 unspecified atom stereocenters. The highest BCUT2D eigenvalue weighted by atomic mass is 16.5. The third kappa shape index (κ3) is 2.20. The van der Waals surface area contributed by atoms with E-state index in [2.05, 4.69) is 5.32 Å². The number of rotatable bonds is 2. The number of amides is 1. The van der Waals surface area contributed by atoms with E-state index in [0.717, 1.165) is 5.56 Å². The van der Waals surface area contributed by atoms with Gasteiger partial charge in [0, 0.05) is 11.1 Å². The largest absolute Gasteiger partial charge is 0.462 e. The fraction of sp³-hybridized carbons (Fsp3) is 0.214. The van der Waals surface area contributed by atoms with Crippen molar-refractivity contribution in [1.29, 1.82) is 5.26 Å². The number of nitrogens with one attached hydrogen (secondary N) is 1. The first-order valence-corrected chi connectivity index (χ1v) is 5.82. The third-order valence-electron chi connectivity index (χ3n) is 2.77. The number of nitrogens with zero attached hydrogens (tertiary/aromatic N) is 1. The van der Waals surface area contributed by atoms with Gasteiger partial charge in [-0.05, 0) is 19.9 Å². The monoisotopic (exact) mass is 256 g/mol. The molecular weight excluding hydrogens is 244 g/mol. The van der Waals surface area contributed by atoms with Crippen LogP contribution in [0.5, 0.6) is 0 Å². The number of carbonyl (C=O) groups excluding carboxylic acids is 2. The van der Waals surface area contributed by atoms with Crippen molar-refractivity contribution in [2.45, 2.75) is 13.8 Å². The van der Waals surface area contributed by atoms with Crippen LogP contribution in [0, 0.1) is 18.3 Å². The number of aryl methyl sites for hydroxylation is 1. The fourth-order valence-corrected chi connectivity index (χ4v) is 1.92. The normalized spacial score (nSPS) is 15.3. The van der Waals surface area contributed by atoms with Crippen LogP contribution in [0.15, 0.2) is 23.8 Å². The lowest BCUT2D eigenvalue weighted by molar-refractivity contribution is -0.137. The quantitative estimate of drug-likeness (QED) is 0.494. The van der Waals surface area contributed by atoms with Crippen molar-refractivity contribution in [1.82, 2.24) is 5.32 Å². The van der Waals surface area contributed by atoms with E-state index in [9.17, 15) is 9.59 Å². The Bertz CT molecular complexity index is 639. The second-order valence-electron chi connectivity index (χ2n) is 4.09. The van der Waals surface area contributed by atoms with E-state index < -0.39 is 5.97 Å². The second-order valence-corrected chi connectivity index (χ2v) is 4.09. The summed E-state index contributed by atoms with van der Waals surface area (Å²) in [6.45, 7) is 3.69. The molecule has 0 saturated carbocycles. The predicted octanol–water partition coefficient (Wildman–Crippen LogP) is 1.54. The summed E-state index contributed by atoms with van der Waals surface area (Å²) in [7, 11) is 0. The molecule has 0 aromatic heterocycles. The lowest BCUT2D eigenvalue weighted by Gasteiger charge is -2.04. The van der Waals surface area contributed by atoms with Gasteiger partial charge in [-0.15, -0.1) is 0 Å².